The first-order valence-corrected chi connectivity index (χ1v) is 9.54. The summed E-state index contributed by atoms with van der Waals surface area (Å²) in [4.78, 5) is 27.5. The molecule has 1 N–H and O–H groups in total. The summed E-state index contributed by atoms with van der Waals surface area (Å²) in [6, 6.07) is 9.61. The first kappa shape index (κ1) is 17.2. The number of hydrogen-bond acceptors (Lipinski definition) is 4. The van der Waals surface area contributed by atoms with Crippen molar-refractivity contribution in [3.8, 4) is 5.75 Å². The van der Waals surface area contributed by atoms with E-state index >= 15 is 0 Å². The van der Waals surface area contributed by atoms with E-state index in [1.807, 2.05) is 31.2 Å². The molecule has 0 aromatic heterocycles. The van der Waals surface area contributed by atoms with Gasteiger partial charge in [0.2, 0.25) is 5.91 Å². The second-order valence-electron chi connectivity index (χ2n) is 7.71. The van der Waals surface area contributed by atoms with Crippen molar-refractivity contribution in [3.05, 3.63) is 52.6 Å². The lowest BCUT2D eigenvalue weighted by molar-refractivity contribution is -0.129. The molecule has 0 unspecified atom stereocenters. The maximum absolute atomic E-state index is 13.4. The van der Waals surface area contributed by atoms with Crippen LogP contribution in [0, 0.1) is 6.92 Å². The summed E-state index contributed by atoms with van der Waals surface area (Å²) in [6.45, 7) is 2.34. The molecule has 2 aliphatic rings. The van der Waals surface area contributed by atoms with Gasteiger partial charge in [0, 0.05) is 24.1 Å². The van der Waals surface area contributed by atoms with E-state index < -0.39 is 0 Å². The minimum absolute atomic E-state index is 0.0352. The number of amides is 1. The molecule has 1 amide bonds. The number of fused-ring (bicyclic) bond motifs is 7. The van der Waals surface area contributed by atoms with Gasteiger partial charge in [0.05, 0.1) is 19.8 Å². The van der Waals surface area contributed by atoms with Gasteiger partial charge >= 0.3 is 0 Å². The molecule has 28 heavy (non-hydrogen) atoms. The Bertz CT molecular complexity index is 1180. The summed E-state index contributed by atoms with van der Waals surface area (Å²) in [5.41, 5.74) is 3.42. The van der Waals surface area contributed by atoms with Gasteiger partial charge in [-0.25, -0.2) is 0 Å². The van der Waals surface area contributed by atoms with E-state index in [1.54, 1.807) is 12.0 Å². The maximum atomic E-state index is 13.4. The van der Waals surface area contributed by atoms with Crippen molar-refractivity contribution in [2.45, 2.75) is 39.0 Å². The monoisotopic (exact) mass is 375 g/mol. The first-order chi connectivity index (χ1) is 13.5. The van der Waals surface area contributed by atoms with Crippen molar-refractivity contribution in [1.82, 2.24) is 4.90 Å². The predicted molar refractivity (Wildman–Crippen MR) is 107 cm³/mol. The van der Waals surface area contributed by atoms with Gasteiger partial charge in [0.15, 0.2) is 5.78 Å². The number of ether oxygens (including phenoxy) is 1. The number of hydrogen-bond donors (Lipinski definition) is 1. The third-order valence-electron chi connectivity index (χ3n) is 6.16. The van der Waals surface area contributed by atoms with Crippen LogP contribution in [0.3, 0.4) is 0 Å². The van der Waals surface area contributed by atoms with Gasteiger partial charge in [-0.3, -0.25) is 9.59 Å². The van der Waals surface area contributed by atoms with Crippen molar-refractivity contribution in [1.29, 1.82) is 0 Å². The summed E-state index contributed by atoms with van der Waals surface area (Å²) in [7, 11) is 1.57. The van der Waals surface area contributed by atoms with Gasteiger partial charge in [0.25, 0.3) is 0 Å². The number of ketones is 1. The van der Waals surface area contributed by atoms with Crippen LogP contribution in [0.5, 0.6) is 5.75 Å². The number of aliphatic hydroxyl groups excluding tert-OH is 1. The number of benzene rings is 3. The summed E-state index contributed by atoms with van der Waals surface area (Å²) in [6.07, 6.45) is 1.02. The molecule has 2 aliphatic heterocycles. The molecule has 3 aromatic rings. The van der Waals surface area contributed by atoms with Crippen molar-refractivity contribution >= 4 is 33.2 Å². The lowest BCUT2D eigenvalue weighted by atomic mass is 9.83. The maximum Gasteiger partial charge on any atom is 0.223 e. The standard InChI is InChI=1S/C23H21NO4/c1-12-3-4-14-15(7-12)16-8-13(11-25)20(28-2)9-17(16)18-10-24-19(5-6-21(24)26)23(27)22(14)18/h3-4,7-9,19,25H,5-6,10-11H2,1-2H3/t19-/m0/s1. The molecule has 3 aromatic carbocycles. The number of nitrogens with zero attached hydrogens (tertiary/aromatic N) is 1. The number of aryl methyl sites for hydroxylation is 1. The molecule has 5 nitrogen and oxygen atoms in total. The zero-order valence-electron chi connectivity index (χ0n) is 15.9. The molecule has 0 spiro atoms. The Hall–Kier alpha value is -2.92. The van der Waals surface area contributed by atoms with E-state index in [0.717, 1.165) is 38.2 Å². The number of aliphatic hydroxyl groups is 1. The minimum atomic E-state index is -0.347. The van der Waals surface area contributed by atoms with Crippen molar-refractivity contribution in [2.75, 3.05) is 7.11 Å². The summed E-state index contributed by atoms with van der Waals surface area (Å²) < 4.78 is 5.48. The van der Waals surface area contributed by atoms with E-state index in [0.29, 0.717) is 30.7 Å². The fraction of sp³-hybridized carbons (Fsp3) is 0.304. The van der Waals surface area contributed by atoms with Gasteiger partial charge in [-0.1, -0.05) is 23.8 Å². The molecule has 1 fully saturated rings. The Labute approximate surface area is 162 Å². The number of Topliss-reactive ketones (excluding diaryl/α,β-unsaturated/α-hetero) is 1. The SMILES string of the molecule is COc1cc2c3c(c4ccc(C)cc4c2cc1CO)C(=O)[C@@H]1CCC(=O)N1C3. The molecule has 1 saturated heterocycles. The van der Waals surface area contributed by atoms with Crippen LogP contribution in [-0.4, -0.2) is 34.8 Å². The second kappa shape index (κ2) is 6.04. The van der Waals surface area contributed by atoms with Crippen LogP contribution in [0.25, 0.3) is 21.5 Å². The molecule has 1 atom stereocenters. The predicted octanol–water partition coefficient (Wildman–Crippen LogP) is 3.49. The largest absolute Gasteiger partial charge is 0.496 e. The van der Waals surface area contributed by atoms with E-state index in [4.69, 9.17) is 4.74 Å². The second-order valence-corrected chi connectivity index (χ2v) is 7.71. The molecular weight excluding hydrogens is 354 g/mol. The zero-order valence-corrected chi connectivity index (χ0v) is 15.9. The van der Waals surface area contributed by atoms with Crippen molar-refractivity contribution in [2.24, 2.45) is 0 Å². The number of methoxy groups -OCH3 is 1. The lowest BCUT2D eigenvalue weighted by Crippen LogP contribution is -2.42. The number of carbonyl (C=O) groups is 2. The fourth-order valence-electron chi connectivity index (χ4n) is 4.79. The van der Waals surface area contributed by atoms with E-state index in [2.05, 4.69) is 6.07 Å². The zero-order chi connectivity index (χ0) is 19.6. The summed E-state index contributed by atoms with van der Waals surface area (Å²) in [5.74, 6) is 0.666. The van der Waals surface area contributed by atoms with Gasteiger partial charge in [-0.05, 0) is 52.6 Å². The van der Waals surface area contributed by atoms with Crippen LogP contribution in [0.1, 0.15) is 39.9 Å². The topological polar surface area (TPSA) is 66.8 Å². The number of rotatable bonds is 2. The lowest BCUT2D eigenvalue weighted by Gasteiger charge is -2.32. The Kier molecular flexibility index (Phi) is 3.71. The number of carbonyl (C=O) groups excluding carboxylic acids is 2. The molecule has 142 valence electrons. The molecule has 0 bridgehead atoms. The van der Waals surface area contributed by atoms with E-state index in [1.165, 1.54) is 0 Å². The highest BCUT2D eigenvalue weighted by atomic mass is 16.5. The van der Waals surface area contributed by atoms with Crippen LogP contribution < -0.4 is 4.74 Å². The first-order valence-electron chi connectivity index (χ1n) is 9.54. The summed E-state index contributed by atoms with van der Waals surface area (Å²) >= 11 is 0. The van der Waals surface area contributed by atoms with Crippen LogP contribution in [0.2, 0.25) is 0 Å². The highest BCUT2D eigenvalue weighted by Gasteiger charge is 2.42. The molecule has 0 saturated carbocycles. The normalized spacial score (nSPS) is 18.7. The highest BCUT2D eigenvalue weighted by molar-refractivity contribution is 6.22. The molecule has 0 aliphatic carbocycles. The molecule has 0 radical (unpaired) electrons. The molecule has 5 rings (SSSR count). The average molecular weight is 375 g/mol. The van der Waals surface area contributed by atoms with Crippen molar-refractivity contribution < 1.29 is 19.4 Å². The van der Waals surface area contributed by atoms with Gasteiger partial charge < -0.3 is 14.7 Å². The van der Waals surface area contributed by atoms with Crippen LogP contribution in [0.4, 0.5) is 0 Å². The quantitative estimate of drug-likeness (QED) is 0.697. The molecule has 2 heterocycles. The minimum Gasteiger partial charge on any atom is -0.496 e. The Morgan fingerprint density at radius 1 is 1.11 bits per heavy atom. The van der Waals surface area contributed by atoms with Crippen LogP contribution >= 0.6 is 0 Å². The third-order valence-corrected chi connectivity index (χ3v) is 6.16. The summed E-state index contributed by atoms with van der Waals surface area (Å²) in [5, 5.41) is 13.6. The third kappa shape index (κ3) is 2.23. The van der Waals surface area contributed by atoms with Gasteiger partial charge in [-0.2, -0.15) is 0 Å². The average Bonchev–Trinajstić information content (AvgIpc) is 3.08. The van der Waals surface area contributed by atoms with Crippen LogP contribution in [-0.2, 0) is 17.9 Å². The highest BCUT2D eigenvalue weighted by Crippen LogP contribution is 2.42. The smallest absolute Gasteiger partial charge is 0.223 e. The fourth-order valence-corrected chi connectivity index (χ4v) is 4.79. The molecule has 5 heteroatoms. The Morgan fingerprint density at radius 3 is 2.64 bits per heavy atom. The van der Waals surface area contributed by atoms with E-state index in [-0.39, 0.29) is 24.3 Å². The van der Waals surface area contributed by atoms with Gasteiger partial charge in [0.1, 0.15) is 5.75 Å². The van der Waals surface area contributed by atoms with Gasteiger partial charge in [-0.15, -0.1) is 0 Å². The van der Waals surface area contributed by atoms with E-state index in [9.17, 15) is 14.7 Å². The Morgan fingerprint density at radius 2 is 1.89 bits per heavy atom. The molecular formula is C23H21NO4. The Balaban J connectivity index is 1.94. The van der Waals surface area contributed by atoms with Crippen molar-refractivity contribution in [3.63, 3.8) is 0 Å². The van der Waals surface area contributed by atoms with Crippen LogP contribution in [0.15, 0.2) is 30.3 Å².